The lowest BCUT2D eigenvalue weighted by Gasteiger charge is -2.18. The van der Waals surface area contributed by atoms with Gasteiger partial charge in [-0.1, -0.05) is 17.3 Å². The SMILES string of the molecule is COc1ccc2c(c1)CCC/C2=N\OC(=O)c1ccccc1OC. The molecule has 24 heavy (non-hydrogen) atoms. The van der Waals surface area contributed by atoms with Gasteiger partial charge < -0.3 is 14.3 Å². The fourth-order valence-electron chi connectivity index (χ4n) is 2.82. The number of oxime groups is 1. The van der Waals surface area contributed by atoms with Gasteiger partial charge in [0.2, 0.25) is 0 Å². The molecule has 0 spiro atoms. The molecule has 0 bridgehead atoms. The van der Waals surface area contributed by atoms with E-state index in [-0.39, 0.29) is 0 Å². The Morgan fingerprint density at radius 2 is 1.88 bits per heavy atom. The predicted molar refractivity (Wildman–Crippen MR) is 90.9 cm³/mol. The van der Waals surface area contributed by atoms with Gasteiger partial charge in [-0.05, 0) is 55.2 Å². The quantitative estimate of drug-likeness (QED) is 0.636. The first-order chi connectivity index (χ1) is 11.7. The van der Waals surface area contributed by atoms with Crippen LogP contribution in [0.4, 0.5) is 0 Å². The van der Waals surface area contributed by atoms with E-state index in [1.165, 1.54) is 7.11 Å². The van der Waals surface area contributed by atoms with E-state index >= 15 is 0 Å². The van der Waals surface area contributed by atoms with Gasteiger partial charge in [0.15, 0.2) is 0 Å². The number of nitrogens with zero attached hydrogens (tertiary/aromatic N) is 1. The predicted octanol–water partition coefficient (Wildman–Crippen LogP) is 3.60. The van der Waals surface area contributed by atoms with Crippen molar-refractivity contribution < 1.29 is 19.1 Å². The molecular weight excluding hydrogens is 306 g/mol. The van der Waals surface area contributed by atoms with Gasteiger partial charge in [0, 0.05) is 5.56 Å². The summed E-state index contributed by atoms with van der Waals surface area (Å²) in [6, 6.07) is 12.8. The lowest BCUT2D eigenvalue weighted by atomic mass is 9.90. The van der Waals surface area contributed by atoms with Crippen LogP contribution in [0.3, 0.4) is 0 Å². The van der Waals surface area contributed by atoms with Crippen LogP contribution in [-0.4, -0.2) is 25.9 Å². The van der Waals surface area contributed by atoms with Crippen molar-refractivity contribution in [2.45, 2.75) is 19.3 Å². The molecule has 0 amide bonds. The van der Waals surface area contributed by atoms with Crippen LogP contribution in [-0.2, 0) is 11.3 Å². The summed E-state index contributed by atoms with van der Waals surface area (Å²) in [4.78, 5) is 17.4. The van der Waals surface area contributed by atoms with E-state index in [4.69, 9.17) is 14.3 Å². The number of methoxy groups -OCH3 is 2. The molecule has 0 unspecified atom stereocenters. The van der Waals surface area contributed by atoms with E-state index in [1.807, 2.05) is 18.2 Å². The first kappa shape index (κ1) is 16.1. The van der Waals surface area contributed by atoms with Gasteiger partial charge in [-0.15, -0.1) is 0 Å². The zero-order valence-corrected chi connectivity index (χ0v) is 13.7. The number of hydrogen-bond acceptors (Lipinski definition) is 5. The summed E-state index contributed by atoms with van der Waals surface area (Å²) >= 11 is 0. The molecule has 0 saturated heterocycles. The molecule has 1 aliphatic carbocycles. The summed E-state index contributed by atoms with van der Waals surface area (Å²) in [5.74, 6) is 0.762. The van der Waals surface area contributed by atoms with Crippen molar-refractivity contribution in [2.75, 3.05) is 14.2 Å². The number of hydrogen-bond donors (Lipinski definition) is 0. The van der Waals surface area contributed by atoms with Crippen molar-refractivity contribution in [3.8, 4) is 11.5 Å². The van der Waals surface area contributed by atoms with Gasteiger partial charge in [-0.25, -0.2) is 4.79 Å². The molecule has 124 valence electrons. The Balaban J connectivity index is 1.82. The monoisotopic (exact) mass is 325 g/mol. The van der Waals surface area contributed by atoms with Gasteiger partial charge in [0.25, 0.3) is 0 Å². The number of fused-ring (bicyclic) bond motifs is 1. The average Bonchev–Trinajstić information content (AvgIpc) is 2.65. The molecule has 0 aliphatic heterocycles. The maximum Gasteiger partial charge on any atom is 0.369 e. The van der Waals surface area contributed by atoms with Gasteiger partial charge in [0.05, 0.1) is 19.9 Å². The van der Waals surface area contributed by atoms with E-state index in [2.05, 4.69) is 5.16 Å². The Bertz CT molecular complexity index is 783. The number of rotatable bonds is 4. The number of ether oxygens (including phenoxy) is 2. The standard InChI is InChI=1S/C19H19NO4/c1-22-14-10-11-15-13(12-14)6-5-8-17(15)20-24-19(21)16-7-3-4-9-18(16)23-2/h3-4,7,9-12H,5-6,8H2,1-2H3/b20-17+. The normalized spacial score (nSPS) is 14.8. The Morgan fingerprint density at radius 1 is 1.04 bits per heavy atom. The lowest BCUT2D eigenvalue weighted by molar-refractivity contribution is 0.0512. The van der Waals surface area contributed by atoms with Crippen molar-refractivity contribution >= 4 is 11.7 Å². The second-order valence-electron chi connectivity index (χ2n) is 5.49. The summed E-state index contributed by atoms with van der Waals surface area (Å²) in [5, 5.41) is 4.10. The minimum atomic E-state index is -0.527. The highest BCUT2D eigenvalue weighted by atomic mass is 16.7. The molecule has 5 heteroatoms. The maximum absolute atomic E-state index is 12.3. The molecule has 0 fully saturated rings. The first-order valence-electron chi connectivity index (χ1n) is 7.81. The summed E-state index contributed by atoms with van der Waals surface area (Å²) in [7, 11) is 3.16. The van der Waals surface area contributed by atoms with Crippen molar-refractivity contribution in [1.29, 1.82) is 0 Å². The summed E-state index contributed by atoms with van der Waals surface area (Å²) in [5.41, 5.74) is 3.31. The van der Waals surface area contributed by atoms with Crippen LogP contribution in [0.15, 0.2) is 47.6 Å². The summed E-state index contributed by atoms with van der Waals surface area (Å²) in [6.07, 6.45) is 2.70. The van der Waals surface area contributed by atoms with Crippen LogP contribution in [0.5, 0.6) is 11.5 Å². The van der Waals surface area contributed by atoms with Crippen LogP contribution in [0.1, 0.15) is 34.3 Å². The Labute approximate surface area is 140 Å². The minimum absolute atomic E-state index is 0.357. The second-order valence-corrected chi connectivity index (χ2v) is 5.49. The molecule has 0 radical (unpaired) electrons. The minimum Gasteiger partial charge on any atom is -0.497 e. The summed E-state index contributed by atoms with van der Waals surface area (Å²) < 4.78 is 10.4. The van der Waals surface area contributed by atoms with Crippen LogP contribution < -0.4 is 9.47 Å². The van der Waals surface area contributed by atoms with Gasteiger partial charge >= 0.3 is 5.97 Å². The summed E-state index contributed by atoms with van der Waals surface area (Å²) in [6.45, 7) is 0. The van der Waals surface area contributed by atoms with Crippen molar-refractivity contribution in [3.63, 3.8) is 0 Å². The highest BCUT2D eigenvalue weighted by Gasteiger charge is 2.18. The topological polar surface area (TPSA) is 57.1 Å². The number of carbonyl (C=O) groups excluding carboxylic acids is 1. The Kier molecular flexibility index (Phi) is 4.79. The third-order valence-electron chi connectivity index (χ3n) is 4.05. The fraction of sp³-hybridized carbons (Fsp3) is 0.263. The smallest absolute Gasteiger partial charge is 0.369 e. The molecule has 0 heterocycles. The fourth-order valence-corrected chi connectivity index (χ4v) is 2.82. The molecule has 0 atom stereocenters. The van der Waals surface area contributed by atoms with Crippen molar-refractivity contribution in [3.05, 3.63) is 59.2 Å². The molecule has 0 aromatic heterocycles. The Hall–Kier alpha value is -2.82. The number of carbonyl (C=O) groups is 1. The third kappa shape index (κ3) is 3.25. The van der Waals surface area contributed by atoms with E-state index < -0.39 is 5.97 Å². The molecule has 0 saturated carbocycles. The van der Waals surface area contributed by atoms with E-state index in [0.29, 0.717) is 11.3 Å². The van der Waals surface area contributed by atoms with Crippen LogP contribution >= 0.6 is 0 Å². The molecule has 1 aliphatic rings. The van der Waals surface area contributed by atoms with Crippen LogP contribution in [0.25, 0.3) is 0 Å². The number of benzene rings is 2. The highest BCUT2D eigenvalue weighted by Crippen LogP contribution is 2.26. The molecule has 0 N–H and O–H groups in total. The molecular formula is C19H19NO4. The zero-order valence-electron chi connectivity index (χ0n) is 13.7. The maximum atomic E-state index is 12.3. The Morgan fingerprint density at radius 3 is 2.67 bits per heavy atom. The van der Waals surface area contributed by atoms with Crippen LogP contribution in [0, 0.1) is 0 Å². The molecule has 5 nitrogen and oxygen atoms in total. The van der Waals surface area contributed by atoms with E-state index in [1.54, 1.807) is 31.4 Å². The third-order valence-corrected chi connectivity index (χ3v) is 4.05. The zero-order chi connectivity index (χ0) is 16.9. The molecule has 3 rings (SSSR count). The van der Waals surface area contributed by atoms with Gasteiger partial charge in [0.1, 0.15) is 17.1 Å². The van der Waals surface area contributed by atoms with Crippen molar-refractivity contribution in [2.24, 2.45) is 5.16 Å². The number of para-hydroxylation sites is 1. The second kappa shape index (κ2) is 7.17. The average molecular weight is 325 g/mol. The first-order valence-corrected chi connectivity index (χ1v) is 7.81. The molecule has 2 aromatic rings. The van der Waals surface area contributed by atoms with E-state index in [0.717, 1.165) is 41.9 Å². The number of aryl methyl sites for hydroxylation is 1. The van der Waals surface area contributed by atoms with Crippen molar-refractivity contribution in [1.82, 2.24) is 0 Å². The van der Waals surface area contributed by atoms with E-state index in [9.17, 15) is 4.79 Å². The highest BCUT2D eigenvalue weighted by molar-refractivity contribution is 6.03. The van der Waals surface area contributed by atoms with Gasteiger partial charge in [-0.2, -0.15) is 0 Å². The van der Waals surface area contributed by atoms with Crippen LogP contribution in [0.2, 0.25) is 0 Å². The lowest BCUT2D eigenvalue weighted by Crippen LogP contribution is -2.14. The molecule has 2 aromatic carbocycles. The largest absolute Gasteiger partial charge is 0.497 e. The van der Waals surface area contributed by atoms with Gasteiger partial charge in [-0.3, -0.25) is 0 Å².